The number of piperidine rings is 1. The molecule has 23 heavy (non-hydrogen) atoms. The van der Waals surface area contributed by atoms with Crippen LogP contribution in [0.25, 0.3) is 0 Å². The molecule has 1 heterocycles. The SMILES string of the molecule is CNC1CCCN(C(C)C(=O)Nc2ccccc2[N+](=O)[O-])C1.Cl. The average Bonchev–Trinajstić information content (AvgIpc) is 2.54. The topological polar surface area (TPSA) is 87.5 Å². The van der Waals surface area contributed by atoms with Crippen molar-refractivity contribution in [1.82, 2.24) is 10.2 Å². The van der Waals surface area contributed by atoms with Gasteiger partial charge in [0.25, 0.3) is 5.69 Å². The Morgan fingerprint density at radius 3 is 2.78 bits per heavy atom. The Bertz CT molecular complexity index is 555. The van der Waals surface area contributed by atoms with Crippen molar-refractivity contribution in [1.29, 1.82) is 0 Å². The average molecular weight is 343 g/mol. The first-order valence-electron chi connectivity index (χ1n) is 7.48. The van der Waals surface area contributed by atoms with Gasteiger partial charge in [0.05, 0.1) is 11.0 Å². The third-order valence-electron chi connectivity index (χ3n) is 4.15. The van der Waals surface area contributed by atoms with Gasteiger partial charge in [-0.15, -0.1) is 12.4 Å². The lowest BCUT2D eigenvalue weighted by Gasteiger charge is -2.35. The number of halogens is 1. The normalized spacial score (nSPS) is 19.5. The van der Waals surface area contributed by atoms with E-state index >= 15 is 0 Å². The molecule has 1 saturated heterocycles. The van der Waals surface area contributed by atoms with Crippen LogP contribution in [-0.4, -0.2) is 48.0 Å². The van der Waals surface area contributed by atoms with Crippen LogP contribution < -0.4 is 10.6 Å². The Morgan fingerprint density at radius 1 is 1.43 bits per heavy atom. The van der Waals surface area contributed by atoms with Crippen LogP contribution in [0.4, 0.5) is 11.4 Å². The van der Waals surface area contributed by atoms with E-state index in [4.69, 9.17) is 0 Å². The maximum atomic E-state index is 12.4. The number of likely N-dealkylation sites (tertiary alicyclic amines) is 1. The maximum absolute atomic E-state index is 12.4. The van der Waals surface area contributed by atoms with Gasteiger partial charge in [0.15, 0.2) is 0 Å². The second-order valence-electron chi connectivity index (χ2n) is 5.56. The van der Waals surface area contributed by atoms with Crippen molar-refractivity contribution >= 4 is 29.7 Å². The number of hydrogen-bond acceptors (Lipinski definition) is 5. The third kappa shape index (κ3) is 4.89. The lowest BCUT2D eigenvalue weighted by molar-refractivity contribution is -0.383. The maximum Gasteiger partial charge on any atom is 0.292 e. The quantitative estimate of drug-likeness (QED) is 0.631. The molecule has 1 aromatic carbocycles. The number of nitro benzene ring substituents is 1. The van der Waals surface area contributed by atoms with Crippen molar-refractivity contribution in [2.24, 2.45) is 0 Å². The molecule has 2 atom stereocenters. The summed E-state index contributed by atoms with van der Waals surface area (Å²) in [5.74, 6) is -0.217. The zero-order chi connectivity index (χ0) is 16.1. The number of nitro groups is 1. The molecule has 128 valence electrons. The molecular formula is C15H23ClN4O3. The van der Waals surface area contributed by atoms with E-state index in [2.05, 4.69) is 15.5 Å². The molecule has 1 aliphatic heterocycles. The van der Waals surface area contributed by atoms with Gasteiger partial charge >= 0.3 is 0 Å². The highest BCUT2D eigenvalue weighted by atomic mass is 35.5. The van der Waals surface area contributed by atoms with E-state index in [0.29, 0.717) is 6.04 Å². The van der Waals surface area contributed by atoms with Crippen LogP contribution >= 0.6 is 12.4 Å². The van der Waals surface area contributed by atoms with Gasteiger partial charge in [0.2, 0.25) is 5.91 Å². The molecule has 0 bridgehead atoms. The summed E-state index contributed by atoms with van der Waals surface area (Å²) in [5.41, 5.74) is 0.154. The Morgan fingerprint density at radius 2 is 2.13 bits per heavy atom. The second-order valence-corrected chi connectivity index (χ2v) is 5.56. The molecule has 0 saturated carbocycles. The summed E-state index contributed by atoms with van der Waals surface area (Å²) in [5, 5.41) is 16.9. The minimum absolute atomic E-state index is 0. The smallest absolute Gasteiger partial charge is 0.292 e. The molecule has 0 aromatic heterocycles. The monoisotopic (exact) mass is 342 g/mol. The van der Waals surface area contributed by atoms with Crippen LogP contribution in [0.3, 0.4) is 0 Å². The highest BCUT2D eigenvalue weighted by Crippen LogP contribution is 2.24. The molecule has 2 N–H and O–H groups in total. The van der Waals surface area contributed by atoms with Gasteiger partial charge in [0, 0.05) is 18.7 Å². The first-order chi connectivity index (χ1) is 10.5. The minimum Gasteiger partial charge on any atom is -0.319 e. The summed E-state index contributed by atoms with van der Waals surface area (Å²) in [6.07, 6.45) is 2.14. The van der Waals surface area contributed by atoms with Gasteiger partial charge < -0.3 is 10.6 Å². The van der Waals surface area contributed by atoms with E-state index in [0.717, 1.165) is 25.9 Å². The van der Waals surface area contributed by atoms with Crippen molar-refractivity contribution in [3.8, 4) is 0 Å². The predicted molar refractivity (Wildman–Crippen MR) is 92.1 cm³/mol. The minimum atomic E-state index is -0.488. The molecule has 2 rings (SSSR count). The van der Waals surface area contributed by atoms with E-state index in [1.807, 2.05) is 14.0 Å². The standard InChI is InChI=1S/C15H22N4O3.ClH/c1-11(18-9-5-6-12(10-18)16-2)15(20)17-13-7-3-4-8-14(13)19(21)22;/h3-4,7-8,11-12,16H,5-6,9-10H2,1-2H3,(H,17,20);1H. The summed E-state index contributed by atoms with van der Waals surface area (Å²) in [6.45, 7) is 3.51. The van der Waals surface area contributed by atoms with Crippen LogP contribution in [0.15, 0.2) is 24.3 Å². The summed E-state index contributed by atoms with van der Waals surface area (Å²) in [4.78, 5) is 25.0. The number of carbonyl (C=O) groups excluding carboxylic acids is 1. The van der Waals surface area contributed by atoms with Gasteiger partial charge in [-0.05, 0) is 39.4 Å². The van der Waals surface area contributed by atoms with E-state index < -0.39 is 4.92 Å². The van der Waals surface area contributed by atoms with Crippen LogP contribution in [0, 0.1) is 10.1 Å². The number of hydrogen-bond donors (Lipinski definition) is 2. The van der Waals surface area contributed by atoms with Crippen LogP contribution in [0.2, 0.25) is 0 Å². The van der Waals surface area contributed by atoms with Crippen LogP contribution in [0.5, 0.6) is 0 Å². The fraction of sp³-hybridized carbons (Fsp3) is 0.533. The number of para-hydroxylation sites is 2. The Hall–Kier alpha value is -1.70. The number of rotatable bonds is 5. The first kappa shape index (κ1) is 19.3. The predicted octanol–water partition coefficient (Wildman–Crippen LogP) is 2.03. The zero-order valence-electron chi connectivity index (χ0n) is 13.3. The fourth-order valence-electron chi connectivity index (χ4n) is 2.74. The Balaban J connectivity index is 0.00000264. The van der Waals surface area contributed by atoms with E-state index in [9.17, 15) is 14.9 Å². The second kappa shape index (κ2) is 8.81. The van der Waals surface area contributed by atoms with Crippen molar-refractivity contribution in [2.75, 3.05) is 25.5 Å². The molecule has 7 nitrogen and oxygen atoms in total. The lowest BCUT2D eigenvalue weighted by Crippen LogP contribution is -2.51. The van der Waals surface area contributed by atoms with Crippen molar-refractivity contribution in [3.05, 3.63) is 34.4 Å². The summed E-state index contributed by atoms with van der Waals surface area (Å²) in [7, 11) is 1.92. The summed E-state index contributed by atoms with van der Waals surface area (Å²) < 4.78 is 0. The number of nitrogens with zero attached hydrogens (tertiary/aromatic N) is 2. The molecule has 1 aliphatic rings. The van der Waals surface area contributed by atoms with Gasteiger partial charge in [-0.1, -0.05) is 12.1 Å². The first-order valence-corrected chi connectivity index (χ1v) is 7.48. The number of likely N-dealkylation sites (N-methyl/N-ethyl adjacent to an activating group) is 1. The van der Waals surface area contributed by atoms with E-state index in [1.165, 1.54) is 6.07 Å². The van der Waals surface area contributed by atoms with E-state index in [-0.39, 0.29) is 35.7 Å². The number of amides is 1. The number of anilines is 1. The van der Waals surface area contributed by atoms with Gasteiger partial charge in [-0.2, -0.15) is 0 Å². The number of nitrogens with one attached hydrogen (secondary N) is 2. The van der Waals surface area contributed by atoms with Gasteiger partial charge in [0.1, 0.15) is 5.69 Å². The molecule has 2 unspecified atom stereocenters. The van der Waals surface area contributed by atoms with Gasteiger partial charge in [-0.3, -0.25) is 19.8 Å². The largest absolute Gasteiger partial charge is 0.319 e. The molecule has 1 amide bonds. The third-order valence-corrected chi connectivity index (χ3v) is 4.15. The zero-order valence-corrected chi connectivity index (χ0v) is 14.1. The number of carbonyl (C=O) groups is 1. The molecule has 1 aromatic rings. The molecule has 1 fully saturated rings. The van der Waals surface area contributed by atoms with Crippen LogP contribution in [0.1, 0.15) is 19.8 Å². The molecule has 0 aliphatic carbocycles. The summed E-state index contributed by atoms with van der Waals surface area (Å²) >= 11 is 0. The fourth-order valence-corrected chi connectivity index (χ4v) is 2.74. The van der Waals surface area contributed by atoms with Gasteiger partial charge in [-0.25, -0.2) is 0 Å². The molecule has 8 heteroatoms. The van der Waals surface area contributed by atoms with Crippen LogP contribution in [-0.2, 0) is 4.79 Å². The molecule has 0 radical (unpaired) electrons. The van der Waals surface area contributed by atoms with Crippen molar-refractivity contribution < 1.29 is 9.72 Å². The molecular weight excluding hydrogens is 320 g/mol. The Labute approximate surface area is 142 Å². The summed E-state index contributed by atoms with van der Waals surface area (Å²) in [6, 6.07) is 6.25. The highest BCUT2D eigenvalue weighted by Gasteiger charge is 2.27. The Kier molecular flexibility index (Phi) is 7.41. The van der Waals surface area contributed by atoms with Crippen molar-refractivity contribution in [3.63, 3.8) is 0 Å². The van der Waals surface area contributed by atoms with E-state index in [1.54, 1.807) is 18.2 Å². The van der Waals surface area contributed by atoms with Crippen molar-refractivity contribution in [2.45, 2.75) is 31.8 Å². The highest BCUT2D eigenvalue weighted by molar-refractivity contribution is 5.96. The number of benzene rings is 1. The lowest BCUT2D eigenvalue weighted by atomic mass is 10.0. The molecule has 0 spiro atoms.